The molecule has 0 radical (unpaired) electrons. The number of carbonyl (C=O) groups is 1. The first kappa shape index (κ1) is 15.9. The van der Waals surface area contributed by atoms with Crippen molar-refractivity contribution in [3.63, 3.8) is 0 Å². The molecular formula is C12H9N3O5S2. The second-order valence-electron chi connectivity index (χ2n) is 4.07. The third-order valence-electron chi connectivity index (χ3n) is 2.65. The lowest BCUT2D eigenvalue weighted by molar-refractivity contribution is 0.0691. The second-order valence-corrected chi connectivity index (χ2v) is 6.25. The van der Waals surface area contributed by atoms with Gasteiger partial charge in [0, 0.05) is 5.38 Å². The summed E-state index contributed by atoms with van der Waals surface area (Å²) in [5, 5.41) is 18.8. The molecule has 22 heavy (non-hydrogen) atoms. The van der Waals surface area contributed by atoms with E-state index in [1.54, 1.807) is 12.1 Å². The van der Waals surface area contributed by atoms with Crippen LogP contribution in [0.1, 0.15) is 21.6 Å². The van der Waals surface area contributed by atoms with Crippen LogP contribution in [-0.4, -0.2) is 29.0 Å². The summed E-state index contributed by atoms with van der Waals surface area (Å²) >= 11 is 0.757. The summed E-state index contributed by atoms with van der Waals surface area (Å²) in [4.78, 5) is 14.5. The number of nitrogens with zero attached hydrogens (tertiary/aromatic N) is 3. The maximum atomic E-state index is 11.5. The number of aromatic nitrogens is 1. The molecule has 0 atom stereocenters. The SMILES string of the molecule is N#Cc1ccccc1CN(c1nc(C(=O)O)cs1)S(=O)(=O)O. The van der Waals surface area contributed by atoms with Crippen molar-refractivity contribution in [3.8, 4) is 6.07 Å². The number of thiazole rings is 1. The summed E-state index contributed by atoms with van der Waals surface area (Å²) in [7, 11) is -4.67. The van der Waals surface area contributed by atoms with Gasteiger partial charge in [-0.15, -0.1) is 11.3 Å². The monoisotopic (exact) mass is 339 g/mol. The Kier molecular flexibility index (Phi) is 4.41. The molecule has 1 heterocycles. The molecule has 0 aliphatic carbocycles. The third-order valence-corrected chi connectivity index (χ3v) is 4.49. The molecule has 0 spiro atoms. The molecule has 0 bridgehead atoms. The van der Waals surface area contributed by atoms with Crippen LogP contribution in [-0.2, 0) is 16.8 Å². The average molecular weight is 339 g/mol. The summed E-state index contributed by atoms with van der Waals surface area (Å²) in [5.41, 5.74) is 0.267. The molecule has 0 fully saturated rings. The molecule has 8 nitrogen and oxygen atoms in total. The summed E-state index contributed by atoms with van der Waals surface area (Å²) in [6, 6.07) is 8.18. The minimum atomic E-state index is -4.67. The molecular weight excluding hydrogens is 330 g/mol. The Balaban J connectivity index is 2.44. The van der Waals surface area contributed by atoms with Crippen LogP contribution in [0.15, 0.2) is 29.6 Å². The Bertz CT molecular complexity index is 854. The van der Waals surface area contributed by atoms with Crippen molar-refractivity contribution in [1.82, 2.24) is 4.98 Å². The summed E-state index contributed by atoms with van der Waals surface area (Å²) in [5.74, 6) is -1.31. The van der Waals surface area contributed by atoms with Crippen LogP contribution >= 0.6 is 11.3 Å². The second kappa shape index (κ2) is 6.10. The van der Waals surface area contributed by atoms with Crippen LogP contribution in [0.5, 0.6) is 0 Å². The van der Waals surface area contributed by atoms with Gasteiger partial charge in [-0.1, -0.05) is 18.2 Å². The van der Waals surface area contributed by atoms with Crippen molar-refractivity contribution in [3.05, 3.63) is 46.5 Å². The van der Waals surface area contributed by atoms with Crippen LogP contribution in [0.4, 0.5) is 5.13 Å². The van der Waals surface area contributed by atoms with Crippen molar-refractivity contribution in [2.75, 3.05) is 4.31 Å². The number of anilines is 1. The summed E-state index contributed by atoms with van der Waals surface area (Å²) < 4.78 is 32.9. The molecule has 2 aromatic rings. The van der Waals surface area contributed by atoms with Gasteiger partial charge in [-0.3, -0.25) is 4.55 Å². The number of carboxylic acids is 1. The van der Waals surface area contributed by atoms with Gasteiger partial charge in [0.1, 0.15) is 0 Å². The molecule has 0 amide bonds. The van der Waals surface area contributed by atoms with Crippen LogP contribution in [0.25, 0.3) is 0 Å². The molecule has 10 heteroatoms. The molecule has 0 saturated carbocycles. The molecule has 1 aromatic carbocycles. The lowest BCUT2D eigenvalue weighted by atomic mass is 10.1. The van der Waals surface area contributed by atoms with E-state index in [4.69, 9.17) is 10.4 Å². The zero-order valence-corrected chi connectivity index (χ0v) is 12.5. The first-order valence-electron chi connectivity index (χ1n) is 5.75. The number of rotatable bonds is 5. The molecule has 114 valence electrons. The van der Waals surface area contributed by atoms with Gasteiger partial charge >= 0.3 is 16.3 Å². The number of carboxylic acid groups (broad SMARTS) is 1. The van der Waals surface area contributed by atoms with Crippen molar-refractivity contribution in [2.24, 2.45) is 0 Å². The fourth-order valence-corrected chi connectivity index (χ4v) is 3.30. The van der Waals surface area contributed by atoms with Gasteiger partial charge in [-0.25, -0.2) is 14.1 Å². The Morgan fingerprint density at radius 1 is 1.41 bits per heavy atom. The maximum Gasteiger partial charge on any atom is 0.362 e. The van der Waals surface area contributed by atoms with Gasteiger partial charge in [0.2, 0.25) is 5.13 Å². The average Bonchev–Trinajstić information content (AvgIpc) is 2.93. The predicted molar refractivity (Wildman–Crippen MR) is 78.0 cm³/mol. The molecule has 0 unspecified atom stereocenters. The number of hydrogen-bond acceptors (Lipinski definition) is 6. The van der Waals surface area contributed by atoms with E-state index in [2.05, 4.69) is 4.98 Å². The topological polar surface area (TPSA) is 132 Å². The zero-order valence-electron chi connectivity index (χ0n) is 10.9. The summed E-state index contributed by atoms with van der Waals surface area (Å²) in [6.07, 6.45) is 0. The lowest BCUT2D eigenvalue weighted by Crippen LogP contribution is -2.30. The Labute approximate surface area is 129 Å². The van der Waals surface area contributed by atoms with Crippen molar-refractivity contribution in [1.29, 1.82) is 5.26 Å². The van der Waals surface area contributed by atoms with Gasteiger partial charge < -0.3 is 5.11 Å². The van der Waals surface area contributed by atoms with E-state index >= 15 is 0 Å². The van der Waals surface area contributed by atoms with E-state index in [0.29, 0.717) is 9.87 Å². The normalized spacial score (nSPS) is 10.9. The minimum Gasteiger partial charge on any atom is -0.476 e. The molecule has 0 saturated heterocycles. The molecule has 2 N–H and O–H groups in total. The van der Waals surface area contributed by atoms with Crippen LogP contribution < -0.4 is 4.31 Å². The fourth-order valence-electron chi connectivity index (χ4n) is 1.65. The minimum absolute atomic E-state index is 0.201. The Hall–Kier alpha value is -2.48. The molecule has 2 rings (SSSR count). The zero-order chi connectivity index (χ0) is 16.3. The van der Waals surface area contributed by atoms with Gasteiger partial charge in [-0.2, -0.15) is 13.7 Å². The first-order chi connectivity index (χ1) is 10.3. The van der Waals surface area contributed by atoms with Gasteiger partial charge in [0.05, 0.1) is 18.2 Å². The molecule has 0 aliphatic heterocycles. The van der Waals surface area contributed by atoms with E-state index in [1.165, 1.54) is 12.1 Å². The van der Waals surface area contributed by atoms with Gasteiger partial charge in [-0.05, 0) is 11.6 Å². The highest BCUT2D eigenvalue weighted by Crippen LogP contribution is 2.25. The maximum absolute atomic E-state index is 11.5. The number of aromatic carboxylic acids is 1. The van der Waals surface area contributed by atoms with Crippen LogP contribution in [0.3, 0.4) is 0 Å². The lowest BCUT2D eigenvalue weighted by Gasteiger charge is -2.18. The van der Waals surface area contributed by atoms with E-state index in [0.717, 1.165) is 16.7 Å². The largest absolute Gasteiger partial charge is 0.476 e. The molecule has 1 aromatic heterocycles. The van der Waals surface area contributed by atoms with E-state index in [9.17, 15) is 17.8 Å². The first-order valence-corrected chi connectivity index (χ1v) is 8.02. The van der Waals surface area contributed by atoms with Gasteiger partial charge in [0.15, 0.2) is 5.69 Å². The predicted octanol–water partition coefficient (Wildman–Crippen LogP) is 1.52. The third kappa shape index (κ3) is 3.40. The quantitative estimate of drug-likeness (QED) is 0.789. The van der Waals surface area contributed by atoms with E-state index < -0.39 is 16.3 Å². The highest BCUT2D eigenvalue weighted by atomic mass is 32.2. The standard InChI is InChI=1S/C12H9N3O5S2/c13-5-8-3-1-2-4-9(8)6-15(22(18,19)20)12-14-10(7-21-12)11(16)17/h1-4,7H,6H2,(H,16,17)(H,18,19,20). The van der Waals surface area contributed by atoms with E-state index in [-0.39, 0.29) is 22.9 Å². The van der Waals surface area contributed by atoms with Crippen molar-refractivity contribution >= 4 is 32.7 Å². The van der Waals surface area contributed by atoms with Crippen molar-refractivity contribution < 1.29 is 22.9 Å². The van der Waals surface area contributed by atoms with Crippen LogP contribution in [0, 0.1) is 11.3 Å². The van der Waals surface area contributed by atoms with E-state index in [1.807, 2.05) is 6.07 Å². The molecule has 0 aliphatic rings. The van der Waals surface area contributed by atoms with Gasteiger partial charge in [0.25, 0.3) is 0 Å². The Morgan fingerprint density at radius 2 is 2.09 bits per heavy atom. The number of nitriles is 1. The van der Waals surface area contributed by atoms with Crippen LogP contribution in [0.2, 0.25) is 0 Å². The summed E-state index contributed by atoms with van der Waals surface area (Å²) in [6.45, 7) is -0.338. The van der Waals surface area contributed by atoms with Crippen molar-refractivity contribution in [2.45, 2.75) is 6.54 Å². The highest BCUT2D eigenvalue weighted by Gasteiger charge is 2.25. The highest BCUT2D eigenvalue weighted by molar-refractivity contribution is 7.87. The fraction of sp³-hybridized carbons (Fsp3) is 0.0833. The number of benzene rings is 1. The smallest absolute Gasteiger partial charge is 0.362 e. The Morgan fingerprint density at radius 3 is 2.64 bits per heavy atom. The number of hydrogen-bond donors (Lipinski definition) is 2.